The summed E-state index contributed by atoms with van der Waals surface area (Å²) < 4.78 is 2.09. The van der Waals surface area contributed by atoms with E-state index in [4.69, 9.17) is 5.11 Å². The van der Waals surface area contributed by atoms with E-state index in [9.17, 15) is 9.90 Å². The Morgan fingerprint density at radius 3 is 2.94 bits per heavy atom. The summed E-state index contributed by atoms with van der Waals surface area (Å²) in [5.41, 5.74) is 2.81. The minimum Gasteiger partial charge on any atom is -0.508 e. The Kier molecular flexibility index (Phi) is 1.98. The van der Waals surface area contributed by atoms with Crippen molar-refractivity contribution in [1.29, 1.82) is 0 Å². The molecule has 0 bridgehead atoms. The second-order valence-corrected chi connectivity index (χ2v) is 4.18. The van der Waals surface area contributed by atoms with E-state index in [0.717, 1.165) is 35.1 Å². The summed E-state index contributed by atoms with van der Waals surface area (Å²) >= 11 is 0. The van der Waals surface area contributed by atoms with E-state index in [0.29, 0.717) is 0 Å². The molecule has 2 heterocycles. The van der Waals surface area contributed by atoms with Crippen LogP contribution in [0.5, 0.6) is 5.75 Å². The number of allylic oxidation sites excluding steroid dienone is 1. The highest BCUT2D eigenvalue weighted by molar-refractivity contribution is 5.94. The monoisotopic (exact) mass is 229 g/mol. The van der Waals surface area contributed by atoms with Crippen LogP contribution in [0.4, 0.5) is 0 Å². The Morgan fingerprint density at radius 2 is 2.18 bits per heavy atom. The predicted molar refractivity (Wildman–Crippen MR) is 63.8 cm³/mol. The lowest BCUT2D eigenvalue weighted by molar-refractivity contribution is -0.131. The van der Waals surface area contributed by atoms with Crippen molar-refractivity contribution in [3.05, 3.63) is 36.0 Å². The largest absolute Gasteiger partial charge is 0.508 e. The number of carboxylic acids is 1. The molecule has 0 unspecified atom stereocenters. The quantitative estimate of drug-likeness (QED) is 0.737. The summed E-state index contributed by atoms with van der Waals surface area (Å²) in [7, 11) is 0. The number of benzene rings is 1. The number of fused-ring (bicyclic) bond motifs is 3. The van der Waals surface area contributed by atoms with Gasteiger partial charge in [0, 0.05) is 29.2 Å². The third-order valence-electron chi connectivity index (χ3n) is 3.12. The van der Waals surface area contributed by atoms with Gasteiger partial charge in [0.15, 0.2) is 0 Å². The van der Waals surface area contributed by atoms with Crippen LogP contribution in [0.2, 0.25) is 0 Å². The van der Waals surface area contributed by atoms with Crippen LogP contribution in [0.15, 0.2) is 30.3 Å². The van der Waals surface area contributed by atoms with Gasteiger partial charge >= 0.3 is 5.97 Å². The Hall–Kier alpha value is -2.23. The lowest BCUT2D eigenvalue weighted by Gasteiger charge is -1.99. The van der Waals surface area contributed by atoms with Crippen molar-refractivity contribution >= 4 is 22.4 Å². The Balaban J connectivity index is 2.22. The van der Waals surface area contributed by atoms with E-state index < -0.39 is 5.97 Å². The van der Waals surface area contributed by atoms with Crippen molar-refractivity contribution < 1.29 is 15.0 Å². The highest BCUT2D eigenvalue weighted by Gasteiger charge is 2.19. The summed E-state index contributed by atoms with van der Waals surface area (Å²) in [6.07, 6.45) is 2.01. The molecule has 0 spiro atoms. The molecule has 2 aromatic rings. The molecule has 4 nitrogen and oxygen atoms in total. The first-order valence-electron chi connectivity index (χ1n) is 5.41. The van der Waals surface area contributed by atoms with Crippen LogP contribution in [0.25, 0.3) is 16.5 Å². The molecule has 0 atom stereocenters. The Bertz CT molecular complexity index is 652. The van der Waals surface area contributed by atoms with Crippen molar-refractivity contribution in [2.45, 2.75) is 13.0 Å². The summed E-state index contributed by atoms with van der Waals surface area (Å²) in [6.45, 7) is 0.794. The van der Waals surface area contributed by atoms with Crippen molar-refractivity contribution in [3.8, 4) is 5.75 Å². The van der Waals surface area contributed by atoms with Crippen molar-refractivity contribution in [2.75, 3.05) is 0 Å². The van der Waals surface area contributed by atoms with E-state index in [-0.39, 0.29) is 5.75 Å². The Labute approximate surface area is 97.4 Å². The average Bonchev–Trinajstić information content (AvgIpc) is 2.77. The molecule has 17 heavy (non-hydrogen) atoms. The zero-order valence-corrected chi connectivity index (χ0v) is 9.05. The van der Waals surface area contributed by atoms with Crippen LogP contribution in [-0.2, 0) is 11.3 Å². The molecule has 0 aliphatic carbocycles. The van der Waals surface area contributed by atoms with Gasteiger partial charge in [-0.2, -0.15) is 0 Å². The first-order valence-corrected chi connectivity index (χ1v) is 5.41. The highest BCUT2D eigenvalue weighted by atomic mass is 16.4. The fraction of sp³-hybridized carbons (Fsp3) is 0.154. The highest BCUT2D eigenvalue weighted by Crippen LogP contribution is 2.34. The number of hydrogen-bond donors (Lipinski definition) is 2. The molecule has 3 rings (SSSR count). The summed E-state index contributed by atoms with van der Waals surface area (Å²) in [5, 5.41) is 19.1. The maximum Gasteiger partial charge on any atom is 0.328 e. The van der Waals surface area contributed by atoms with Gasteiger partial charge in [-0.15, -0.1) is 0 Å². The maximum absolute atomic E-state index is 10.7. The van der Waals surface area contributed by atoms with Gasteiger partial charge in [-0.1, -0.05) is 0 Å². The SMILES string of the molecule is O=C(O)C=C1CCn2c1cc1cc(O)ccc12. The van der Waals surface area contributed by atoms with Gasteiger partial charge in [0.05, 0.1) is 0 Å². The molecule has 0 radical (unpaired) electrons. The van der Waals surface area contributed by atoms with Gasteiger partial charge < -0.3 is 14.8 Å². The number of phenolic OH excluding ortho intramolecular Hbond substituents is 1. The van der Waals surface area contributed by atoms with E-state index in [1.807, 2.05) is 12.1 Å². The minimum atomic E-state index is -0.915. The zero-order chi connectivity index (χ0) is 12.0. The fourth-order valence-corrected chi connectivity index (χ4v) is 2.42. The number of phenols is 1. The molecule has 2 N–H and O–H groups in total. The molecule has 0 amide bonds. The molecular weight excluding hydrogens is 218 g/mol. The normalized spacial score (nSPS) is 16.6. The van der Waals surface area contributed by atoms with Crippen LogP contribution in [0.3, 0.4) is 0 Å². The van der Waals surface area contributed by atoms with E-state index in [2.05, 4.69) is 4.57 Å². The van der Waals surface area contributed by atoms with Crippen LogP contribution in [0, 0.1) is 0 Å². The standard InChI is InChI=1S/C13H11NO3/c15-10-1-2-11-9(5-10)6-12-8(7-13(16)17)3-4-14(11)12/h1-2,5-7,15H,3-4H2,(H,16,17). The van der Waals surface area contributed by atoms with Gasteiger partial charge in [0.25, 0.3) is 0 Å². The van der Waals surface area contributed by atoms with Crippen molar-refractivity contribution in [2.24, 2.45) is 0 Å². The van der Waals surface area contributed by atoms with E-state index in [1.54, 1.807) is 12.1 Å². The number of carbonyl (C=O) groups is 1. The van der Waals surface area contributed by atoms with Crippen molar-refractivity contribution in [3.63, 3.8) is 0 Å². The topological polar surface area (TPSA) is 62.5 Å². The van der Waals surface area contributed by atoms with Gasteiger partial charge in [-0.3, -0.25) is 0 Å². The molecule has 1 aliphatic heterocycles. The van der Waals surface area contributed by atoms with Gasteiger partial charge in [0.1, 0.15) is 5.75 Å². The number of nitrogens with zero attached hydrogens (tertiary/aromatic N) is 1. The molecule has 86 valence electrons. The third-order valence-corrected chi connectivity index (χ3v) is 3.12. The van der Waals surface area contributed by atoms with Crippen LogP contribution in [-0.4, -0.2) is 20.7 Å². The van der Waals surface area contributed by atoms with E-state index >= 15 is 0 Å². The molecule has 1 aromatic heterocycles. The van der Waals surface area contributed by atoms with Gasteiger partial charge in [-0.25, -0.2) is 4.79 Å². The van der Waals surface area contributed by atoms with Crippen LogP contribution >= 0.6 is 0 Å². The third kappa shape index (κ3) is 1.49. The molecule has 1 aliphatic rings. The number of hydrogen-bond acceptors (Lipinski definition) is 2. The fourth-order valence-electron chi connectivity index (χ4n) is 2.42. The molecule has 0 saturated carbocycles. The summed E-state index contributed by atoms with van der Waals surface area (Å²) in [5.74, 6) is -0.688. The molecular formula is C13H11NO3. The average molecular weight is 229 g/mol. The summed E-state index contributed by atoms with van der Waals surface area (Å²) in [6, 6.07) is 7.13. The van der Waals surface area contributed by atoms with Crippen LogP contribution < -0.4 is 0 Å². The molecule has 0 saturated heterocycles. The number of aliphatic carboxylic acids is 1. The lowest BCUT2D eigenvalue weighted by Crippen LogP contribution is -1.90. The second kappa shape index (κ2) is 3.38. The first kappa shape index (κ1) is 9.96. The molecule has 1 aromatic carbocycles. The van der Waals surface area contributed by atoms with Gasteiger partial charge in [0.2, 0.25) is 0 Å². The first-order chi connectivity index (χ1) is 8.15. The number of aryl methyl sites for hydroxylation is 1. The van der Waals surface area contributed by atoms with Gasteiger partial charge in [-0.05, 0) is 36.3 Å². The number of aromatic nitrogens is 1. The Morgan fingerprint density at radius 1 is 1.35 bits per heavy atom. The van der Waals surface area contributed by atoms with Crippen LogP contribution in [0.1, 0.15) is 12.1 Å². The molecule has 0 fully saturated rings. The lowest BCUT2D eigenvalue weighted by atomic mass is 10.1. The number of carboxylic acid groups (broad SMARTS) is 1. The second-order valence-electron chi connectivity index (χ2n) is 4.18. The van der Waals surface area contributed by atoms with E-state index in [1.165, 1.54) is 6.08 Å². The molecule has 4 heteroatoms. The predicted octanol–water partition coefficient (Wildman–Crippen LogP) is 2.22. The van der Waals surface area contributed by atoms with Crippen molar-refractivity contribution in [1.82, 2.24) is 4.57 Å². The summed E-state index contributed by atoms with van der Waals surface area (Å²) in [4.78, 5) is 10.7. The smallest absolute Gasteiger partial charge is 0.328 e. The number of rotatable bonds is 1. The zero-order valence-electron chi connectivity index (χ0n) is 9.05. The minimum absolute atomic E-state index is 0.227. The number of aromatic hydroxyl groups is 1. The maximum atomic E-state index is 10.7.